The number of carbonyl (C=O) groups excluding carboxylic acids is 1. The molecule has 1 saturated heterocycles. The van der Waals surface area contributed by atoms with E-state index in [4.69, 9.17) is 4.74 Å². The van der Waals surface area contributed by atoms with Crippen molar-refractivity contribution in [3.8, 4) is 0 Å². The SMILES string of the molecule is C[C@@H]1CN(S(=O)(=O)c2ccc(C(=O)N(C3CCCCC3)C3CCCCC3)cc2)C[C@@H](C)O1. The maximum Gasteiger partial charge on any atom is 0.254 e. The predicted octanol–water partition coefficient (Wildman–Crippen LogP) is 4.59. The molecule has 1 amide bonds. The van der Waals surface area contributed by atoms with Gasteiger partial charge >= 0.3 is 0 Å². The lowest BCUT2D eigenvalue weighted by Crippen LogP contribution is -2.49. The third-order valence-electron chi connectivity index (χ3n) is 7.30. The van der Waals surface area contributed by atoms with E-state index in [9.17, 15) is 13.2 Å². The van der Waals surface area contributed by atoms with Crippen molar-refractivity contribution in [1.82, 2.24) is 9.21 Å². The quantitative estimate of drug-likeness (QED) is 0.642. The van der Waals surface area contributed by atoms with Crippen LogP contribution >= 0.6 is 0 Å². The van der Waals surface area contributed by atoms with Gasteiger partial charge in [0.2, 0.25) is 10.0 Å². The molecule has 3 aliphatic rings. The molecule has 0 N–H and O–H groups in total. The van der Waals surface area contributed by atoms with E-state index in [-0.39, 0.29) is 23.0 Å². The number of amides is 1. The van der Waals surface area contributed by atoms with Gasteiger partial charge in [-0.15, -0.1) is 0 Å². The standard InChI is InChI=1S/C25H38N2O4S/c1-19-17-26(18-20(2)31-19)32(29,30)24-15-13-21(14-16-24)25(28)27(22-9-5-3-6-10-22)23-11-7-4-8-12-23/h13-16,19-20,22-23H,3-12,17-18H2,1-2H3/t19-,20-/m1/s1. The molecule has 4 rings (SSSR count). The van der Waals surface area contributed by atoms with Gasteiger partial charge in [0.25, 0.3) is 5.91 Å². The monoisotopic (exact) mass is 462 g/mol. The molecular weight excluding hydrogens is 424 g/mol. The van der Waals surface area contributed by atoms with Crippen molar-refractivity contribution in [2.45, 2.75) is 107 Å². The lowest BCUT2D eigenvalue weighted by molar-refractivity contribution is -0.0440. The van der Waals surface area contributed by atoms with Crippen LogP contribution in [0.1, 0.15) is 88.4 Å². The highest BCUT2D eigenvalue weighted by molar-refractivity contribution is 7.89. The van der Waals surface area contributed by atoms with E-state index in [0.29, 0.717) is 30.7 Å². The third kappa shape index (κ3) is 5.20. The number of ether oxygens (including phenoxy) is 1. The van der Waals surface area contributed by atoms with Gasteiger partial charge in [0.1, 0.15) is 0 Å². The highest BCUT2D eigenvalue weighted by atomic mass is 32.2. The Morgan fingerprint density at radius 1 is 0.844 bits per heavy atom. The van der Waals surface area contributed by atoms with Crippen molar-refractivity contribution in [3.63, 3.8) is 0 Å². The van der Waals surface area contributed by atoms with Gasteiger partial charge in [-0.2, -0.15) is 4.31 Å². The molecule has 2 aliphatic carbocycles. The van der Waals surface area contributed by atoms with Crippen LogP contribution in [-0.2, 0) is 14.8 Å². The highest BCUT2D eigenvalue weighted by Crippen LogP contribution is 2.32. The van der Waals surface area contributed by atoms with Crippen molar-refractivity contribution in [2.24, 2.45) is 0 Å². The maximum absolute atomic E-state index is 13.6. The number of hydrogen-bond donors (Lipinski definition) is 0. The Hall–Kier alpha value is -1.44. The van der Waals surface area contributed by atoms with Gasteiger partial charge in [-0.3, -0.25) is 4.79 Å². The summed E-state index contributed by atoms with van der Waals surface area (Å²) in [5.41, 5.74) is 0.601. The minimum atomic E-state index is -3.60. The summed E-state index contributed by atoms with van der Waals surface area (Å²) in [7, 11) is -3.60. The first kappa shape index (κ1) is 23.7. The molecule has 1 aliphatic heterocycles. The van der Waals surface area contributed by atoms with Crippen LogP contribution in [0.15, 0.2) is 29.2 Å². The summed E-state index contributed by atoms with van der Waals surface area (Å²) in [6.45, 7) is 4.49. The van der Waals surface area contributed by atoms with Crippen LogP contribution in [0, 0.1) is 0 Å². The molecule has 1 aromatic carbocycles. The summed E-state index contributed by atoms with van der Waals surface area (Å²) in [5, 5.41) is 0. The second-order valence-corrected chi connectivity index (χ2v) is 11.8. The van der Waals surface area contributed by atoms with E-state index in [1.807, 2.05) is 13.8 Å². The first-order chi connectivity index (χ1) is 15.4. The Balaban J connectivity index is 1.54. The van der Waals surface area contributed by atoms with Gasteiger partial charge < -0.3 is 9.64 Å². The largest absolute Gasteiger partial charge is 0.373 e. The number of nitrogens with zero attached hydrogens (tertiary/aromatic N) is 2. The molecule has 1 heterocycles. The summed E-state index contributed by atoms with van der Waals surface area (Å²) in [5.74, 6) is 0.0707. The first-order valence-electron chi connectivity index (χ1n) is 12.4. The molecule has 178 valence electrons. The second-order valence-electron chi connectivity index (χ2n) is 9.90. The fraction of sp³-hybridized carbons (Fsp3) is 0.720. The third-order valence-corrected chi connectivity index (χ3v) is 9.14. The number of morpholine rings is 1. The van der Waals surface area contributed by atoms with Crippen LogP contribution in [0.25, 0.3) is 0 Å². The zero-order valence-electron chi connectivity index (χ0n) is 19.5. The molecule has 2 saturated carbocycles. The van der Waals surface area contributed by atoms with Crippen LogP contribution < -0.4 is 0 Å². The van der Waals surface area contributed by atoms with E-state index < -0.39 is 10.0 Å². The zero-order valence-corrected chi connectivity index (χ0v) is 20.4. The Morgan fingerprint density at radius 3 is 1.78 bits per heavy atom. The smallest absolute Gasteiger partial charge is 0.254 e. The molecule has 0 radical (unpaired) electrons. The maximum atomic E-state index is 13.6. The Kier molecular flexibility index (Phi) is 7.58. The number of sulfonamides is 1. The molecule has 0 spiro atoms. The second kappa shape index (κ2) is 10.2. The van der Waals surface area contributed by atoms with Crippen molar-refractivity contribution in [2.75, 3.05) is 13.1 Å². The minimum absolute atomic E-state index is 0.0707. The van der Waals surface area contributed by atoms with Gasteiger partial charge in [0.05, 0.1) is 17.1 Å². The molecular formula is C25H38N2O4S. The first-order valence-corrected chi connectivity index (χ1v) is 13.9. The van der Waals surface area contributed by atoms with Crippen LogP contribution in [0.3, 0.4) is 0 Å². The zero-order chi connectivity index (χ0) is 22.7. The summed E-state index contributed by atoms with van der Waals surface area (Å²) in [6.07, 6.45) is 11.4. The Labute approximate surface area is 193 Å². The average molecular weight is 463 g/mol. The van der Waals surface area contributed by atoms with Gasteiger partial charge in [-0.05, 0) is 63.8 Å². The predicted molar refractivity (Wildman–Crippen MR) is 125 cm³/mol. The van der Waals surface area contributed by atoms with Crippen LogP contribution in [-0.4, -0.2) is 60.9 Å². The van der Waals surface area contributed by atoms with Crippen molar-refractivity contribution >= 4 is 15.9 Å². The van der Waals surface area contributed by atoms with E-state index in [1.54, 1.807) is 24.3 Å². The van der Waals surface area contributed by atoms with Gasteiger partial charge in [-0.25, -0.2) is 8.42 Å². The normalized spacial score (nSPS) is 26.7. The molecule has 3 fully saturated rings. The van der Waals surface area contributed by atoms with Gasteiger partial charge in [-0.1, -0.05) is 38.5 Å². The fourth-order valence-corrected chi connectivity index (χ4v) is 7.33. The van der Waals surface area contributed by atoms with E-state index >= 15 is 0 Å². The summed E-state index contributed by atoms with van der Waals surface area (Å²) in [4.78, 5) is 16.1. The molecule has 0 unspecified atom stereocenters. The molecule has 2 atom stereocenters. The average Bonchev–Trinajstić information content (AvgIpc) is 2.80. The number of rotatable bonds is 5. The van der Waals surface area contributed by atoms with Crippen molar-refractivity contribution < 1.29 is 17.9 Å². The molecule has 7 heteroatoms. The molecule has 6 nitrogen and oxygen atoms in total. The van der Waals surface area contributed by atoms with E-state index in [1.165, 1.54) is 42.8 Å². The molecule has 0 bridgehead atoms. The minimum Gasteiger partial charge on any atom is -0.373 e. The van der Waals surface area contributed by atoms with Crippen LogP contribution in [0.5, 0.6) is 0 Å². The fourth-order valence-electron chi connectivity index (χ4n) is 5.74. The molecule has 32 heavy (non-hydrogen) atoms. The number of benzene rings is 1. The van der Waals surface area contributed by atoms with E-state index in [0.717, 1.165) is 25.7 Å². The summed E-state index contributed by atoms with van der Waals surface area (Å²) < 4.78 is 33.5. The number of carbonyl (C=O) groups is 1. The van der Waals surface area contributed by atoms with Crippen molar-refractivity contribution in [3.05, 3.63) is 29.8 Å². The Morgan fingerprint density at radius 2 is 1.31 bits per heavy atom. The van der Waals surface area contributed by atoms with Crippen molar-refractivity contribution in [1.29, 1.82) is 0 Å². The molecule has 0 aromatic heterocycles. The van der Waals surface area contributed by atoms with Gasteiger partial charge in [0.15, 0.2) is 0 Å². The summed E-state index contributed by atoms with van der Waals surface area (Å²) >= 11 is 0. The van der Waals surface area contributed by atoms with Crippen LogP contribution in [0.2, 0.25) is 0 Å². The van der Waals surface area contributed by atoms with Crippen LogP contribution in [0.4, 0.5) is 0 Å². The topological polar surface area (TPSA) is 66.9 Å². The lowest BCUT2D eigenvalue weighted by atomic mass is 9.88. The number of hydrogen-bond acceptors (Lipinski definition) is 4. The lowest BCUT2D eigenvalue weighted by Gasteiger charge is -2.42. The highest BCUT2D eigenvalue weighted by Gasteiger charge is 2.34. The Bertz CT molecular complexity index is 846. The van der Waals surface area contributed by atoms with E-state index in [2.05, 4.69) is 4.90 Å². The molecule has 1 aromatic rings. The van der Waals surface area contributed by atoms with Gasteiger partial charge in [0, 0.05) is 30.7 Å². The summed E-state index contributed by atoms with van der Waals surface area (Å²) in [6, 6.07) is 7.27.